The van der Waals surface area contributed by atoms with Crippen molar-refractivity contribution >= 4 is 22.7 Å². The molecule has 0 spiro atoms. The van der Waals surface area contributed by atoms with Crippen LogP contribution in [0.5, 0.6) is 17.4 Å². The largest absolute Gasteiger partial charge is 0.497 e. The van der Waals surface area contributed by atoms with Gasteiger partial charge in [-0.3, -0.25) is 0 Å². The number of benzene rings is 1. The number of hydrogen-bond donors (Lipinski definition) is 5. The number of aromatic nitrogens is 3. The van der Waals surface area contributed by atoms with Gasteiger partial charge in [-0.15, -0.1) is 0 Å². The third-order valence-electron chi connectivity index (χ3n) is 7.48. The molecule has 5 rings (SSSR count). The highest BCUT2D eigenvalue weighted by Gasteiger charge is 2.47. The molecule has 224 valence electrons. The average molecular weight is 580 g/mol. The molecule has 12 heteroatoms. The van der Waals surface area contributed by atoms with E-state index in [2.05, 4.69) is 20.6 Å². The fraction of sp³-hybridized carbons (Fsp3) is 0.433. The van der Waals surface area contributed by atoms with Crippen LogP contribution in [0.2, 0.25) is 0 Å². The lowest BCUT2D eigenvalue weighted by atomic mass is 10.0. The van der Waals surface area contributed by atoms with Gasteiger partial charge in [-0.1, -0.05) is 0 Å². The summed E-state index contributed by atoms with van der Waals surface area (Å²) in [6.07, 6.45) is -0.554. The van der Waals surface area contributed by atoms with Crippen LogP contribution >= 0.6 is 0 Å². The second-order valence-electron chi connectivity index (χ2n) is 10.4. The first kappa shape index (κ1) is 29.4. The van der Waals surface area contributed by atoms with Gasteiger partial charge in [0, 0.05) is 36.2 Å². The number of fused-ring (bicyclic) bond motifs is 1. The predicted molar refractivity (Wildman–Crippen MR) is 157 cm³/mol. The maximum atomic E-state index is 11.4. The second-order valence-corrected chi connectivity index (χ2v) is 10.4. The van der Waals surface area contributed by atoms with Crippen LogP contribution in [0.1, 0.15) is 36.7 Å². The monoisotopic (exact) mass is 579 g/mol. The number of hydrogen-bond acceptors (Lipinski definition) is 12. The molecule has 0 aliphatic heterocycles. The van der Waals surface area contributed by atoms with Crippen molar-refractivity contribution in [2.24, 2.45) is 5.92 Å². The third kappa shape index (κ3) is 5.78. The fourth-order valence-electron chi connectivity index (χ4n) is 5.33. The number of aryl methyl sites for hydroxylation is 2. The Labute approximate surface area is 243 Å². The summed E-state index contributed by atoms with van der Waals surface area (Å²) < 4.78 is 22.7. The number of rotatable bonds is 11. The van der Waals surface area contributed by atoms with Crippen molar-refractivity contribution in [3.63, 3.8) is 0 Å². The summed E-state index contributed by atoms with van der Waals surface area (Å²) in [7, 11) is 3.18. The molecule has 1 saturated carbocycles. The van der Waals surface area contributed by atoms with E-state index >= 15 is 0 Å². The van der Waals surface area contributed by atoms with E-state index in [1.54, 1.807) is 20.3 Å². The minimum absolute atomic E-state index is 0.214. The molecule has 1 fully saturated rings. The summed E-state index contributed by atoms with van der Waals surface area (Å²) in [6.45, 7) is 6.11. The number of pyridine rings is 1. The van der Waals surface area contributed by atoms with Gasteiger partial charge in [0.25, 0.3) is 5.88 Å². The molecular formula is C30H37N5O7. The number of nitrogens with one attached hydrogen (secondary N) is 2. The van der Waals surface area contributed by atoms with E-state index < -0.39 is 17.7 Å². The summed E-state index contributed by atoms with van der Waals surface area (Å²) in [6, 6.07) is 9.29. The van der Waals surface area contributed by atoms with E-state index in [0.29, 0.717) is 65.5 Å². The molecule has 3 heterocycles. The Kier molecular flexibility index (Phi) is 8.39. The molecule has 42 heavy (non-hydrogen) atoms. The Morgan fingerprint density at radius 3 is 2.43 bits per heavy atom. The van der Waals surface area contributed by atoms with Crippen molar-refractivity contribution in [2.45, 2.75) is 52.0 Å². The SMILES string of the molecule is CCOc1nc(C)cc2cc(-c3c(C)nc(NCc4cc(OC)cc(OC)c4)nc3NC3(O)CCC(CO)C3O)oc12. The molecule has 1 aromatic carbocycles. The molecule has 1 aliphatic carbocycles. The van der Waals surface area contributed by atoms with Gasteiger partial charge >= 0.3 is 0 Å². The topological polar surface area (TPSA) is 164 Å². The van der Waals surface area contributed by atoms with Gasteiger partial charge in [-0.2, -0.15) is 4.98 Å². The van der Waals surface area contributed by atoms with Crippen molar-refractivity contribution in [3.8, 4) is 28.7 Å². The molecular weight excluding hydrogens is 542 g/mol. The van der Waals surface area contributed by atoms with Gasteiger partial charge < -0.3 is 44.6 Å². The van der Waals surface area contributed by atoms with Crippen LogP contribution in [0.3, 0.4) is 0 Å². The van der Waals surface area contributed by atoms with Crippen LogP contribution < -0.4 is 24.8 Å². The van der Waals surface area contributed by atoms with Gasteiger partial charge in [0.05, 0.1) is 32.1 Å². The zero-order chi connectivity index (χ0) is 30.0. The maximum Gasteiger partial charge on any atom is 0.258 e. The van der Waals surface area contributed by atoms with Crippen LogP contribution in [0.25, 0.3) is 22.3 Å². The Hall–Kier alpha value is -4.13. The van der Waals surface area contributed by atoms with Gasteiger partial charge in [-0.05, 0) is 63.4 Å². The highest BCUT2D eigenvalue weighted by atomic mass is 16.5. The van der Waals surface area contributed by atoms with Crippen molar-refractivity contribution in [2.75, 3.05) is 38.1 Å². The van der Waals surface area contributed by atoms with E-state index in [1.807, 2.05) is 45.0 Å². The van der Waals surface area contributed by atoms with E-state index in [-0.39, 0.29) is 18.8 Å². The summed E-state index contributed by atoms with van der Waals surface area (Å²) in [5, 5.41) is 39.1. The standard InChI is InChI=1S/C30H37N5O7/c1-6-41-28-25-20(9-16(2)32-28)12-23(42-25)24-17(3)33-29(31-14-18-10-21(39-4)13-22(11-18)40-5)34-27(24)35-30(38)8-7-19(15-36)26(30)37/h9-13,19,26,36-38H,6-8,14-15H2,1-5H3,(H2,31,33,34,35). The Balaban J connectivity index is 1.56. The average Bonchev–Trinajstić information content (AvgIpc) is 3.51. The summed E-state index contributed by atoms with van der Waals surface area (Å²) in [5.74, 6) is 2.21. The number of furan rings is 1. The van der Waals surface area contributed by atoms with E-state index in [0.717, 1.165) is 16.6 Å². The number of ether oxygens (including phenoxy) is 3. The zero-order valence-corrected chi connectivity index (χ0v) is 24.4. The molecule has 4 aromatic rings. The number of nitrogens with zero attached hydrogens (tertiary/aromatic N) is 3. The van der Waals surface area contributed by atoms with Crippen molar-refractivity contribution in [3.05, 3.63) is 47.3 Å². The number of aliphatic hydroxyl groups is 3. The summed E-state index contributed by atoms with van der Waals surface area (Å²) >= 11 is 0. The van der Waals surface area contributed by atoms with Crippen molar-refractivity contribution < 1.29 is 33.9 Å². The molecule has 12 nitrogen and oxygen atoms in total. The van der Waals surface area contributed by atoms with E-state index in [4.69, 9.17) is 23.6 Å². The van der Waals surface area contributed by atoms with Crippen LogP contribution in [-0.4, -0.2) is 69.5 Å². The Morgan fingerprint density at radius 1 is 1.05 bits per heavy atom. The van der Waals surface area contributed by atoms with E-state index in [9.17, 15) is 15.3 Å². The van der Waals surface area contributed by atoms with E-state index in [1.165, 1.54) is 0 Å². The minimum Gasteiger partial charge on any atom is -0.497 e. The van der Waals surface area contributed by atoms with Gasteiger partial charge in [-0.25, -0.2) is 9.97 Å². The first-order chi connectivity index (χ1) is 20.2. The van der Waals surface area contributed by atoms with Gasteiger partial charge in [0.1, 0.15) is 29.2 Å². The maximum absolute atomic E-state index is 11.4. The Bertz CT molecular complexity index is 1550. The fourth-order valence-corrected chi connectivity index (χ4v) is 5.33. The van der Waals surface area contributed by atoms with Crippen LogP contribution in [-0.2, 0) is 6.54 Å². The lowest BCUT2D eigenvalue weighted by Crippen LogP contribution is -2.48. The highest BCUT2D eigenvalue weighted by molar-refractivity contribution is 5.89. The molecule has 0 amide bonds. The summed E-state index contributed by atoms with van der Waals surface area (Å²) in [5.41, 5.74) is 1.49. The number of anilines is 2. The number of methoxy groups -OCH3 is 2. The Morgan fingerprint density at radius 2 is 1.79 bits per heavy atom. The third-order valence-corrected chi connectivity index (χ3v) is 7.48. The zero-order valence-electron chi connectivity index (χ0n) is 24.4. The first-order valence-corrected chi connectivity index (χ1v) is 13.9. The smallest absolute Gasteiger partial charge is 0.258 e. The molecule has 3 unspecified atom stereocenters. The van der Waals surface area contributed by atoms with Crippen molar-refractivity contribution in [1.29, 1.82) is 0 Å². The van der Waals surface area contributed by atoms with Crippen LogP contribution in [0, 0.1) is 19.8 Å². The molecule has 1 aliphatic rings. The quantitative estimate of drug-likeness (QED) is 0.164. The predicted octanol–water partition coefficient (Wildman–Crippen LogP) is 3.79. The summed E-state index contributed by atoms with van der Waals surface area (Å²) in [4.78, 5) is 13.9. The minimum atomic E-state index is -1.72. The second kappa shape index (κ2) is 12.0. The van der Waals surface area contributed by atoms with Crippen LogP contribution in [0.4, 0.5) is 11.8 Å². The normalized spacial score (nSPS) is 20.1. The molecule has 3 aromatic heterocycles. The van der Waals surface area contributed by atoms with Gasteiger partial charge in [0.2, 0.25) is 5.95 Å². The lowest BCUT2D eigenvalue weighted by molar-refractivity contribution is -0.0545. The lowest BCUT2D eigenvalue weighted by Gasteiger charge is -2.31. The molecule has 3 atom stereocenters. The molecule has 5 N–H and O–H groups in total. The molecule has 0 bridgehead atoms. The first-order valence-electron chi connectivity index (χ1n) is 13.9. The molecule has 0 saturated heterocycles. The van der Waals surface area contributed by atoms with Gasteiger partial charge in [0.15, 0.2) is 11.3 Å². The number of aliphatic hydroxyl groups excluding tert-OH is 2. The molecule has 0 radical (unpaired) electrons. The van der Waals surface area contributed by atoms with Crippen molar-refractivity contribution in [1.82, 2.24) is 15.0 Å². The highest BCUT2D eigenvalue weighted by Crippen LogP contribution is 2.41. The van der Waals surface area contributed by atoms with Crippen LogP contribution in [0.15, 0.2) is 34.7 Å².